The van der Waals surface area contributed by atoms with Gasteiger partial charge in [0.15, 0.2) is 5.82 Å². The minimum atomic E-state index is -3.30. The number of halogens is 1. The lowest BCUT2D eigenvalue weighted by Gasteiger charge is -2.28. The first-order chi connectivity index (χ1) is 12.8. The molecule has 0 unspecified atom stereocenters. The monoisotopic (exact) mass is 390 g/mol. The Kier molecular flexibility index (Phi) is 5.63. The van der Waals surface area contributed by atoms with Crippen LogP contribution in [0.3, 0.4) is 0 Å². The van der Waals surface area contributed by atoms with Gasteiger partial charge < -0.3 is 0 Å². The zero-order chi connectivity index (χ0) is 19.6. The third-order valence-electron chi connectivity index (χ3n) is 5.08. The molecule has 0 spiro atoms. The first kappa shape index (κ1) is 19.5. The quantitative estimate of drug-likeness (QED) is 0.817. The van der Waals surface area contributed by atoms with E-state index in [0.29, 0.717) is 42.5 Å². The number of hydrogen-bond acceptors (Lipinski definition) is 4. The van der Waals surface area contributed by atoms with Gasteiger partial charge in [0.1, 0.15) is 5.69 Å². The summed E-state index contributed by atoms with van der Waals surface area (Å²) in [5.41, 5.74) is 1.68. The zero-order valence-electron chi connectivity index (χ0n) is 15.4. The van der Waals surface area contributed by atoms with E-state index < -0.39 is 21.1 Å². The molecule has 1 aromatic heterocycles. The summed E-state index contributed by atoms with van der Waals surface area (Å²) < 4.78 is 41.7. The number of nitrogens with one attached hydrogen (secondary N) is 2. The van der Waals surface area contributed by atoms with Crippen molar-refractivity contribution in [3.63, 3.8) is 0 Å². The number of benzene rings is 1. The fraction of sp³-hybridized carbons (Fsp3) is 0.474. The van der Waals surface area contributed by atoms with E-state index in [1.165, 1.54) is 0 Å². The van der Waals surface area contributed by atoms with Gasteiger partial charge in [-0.15, -0.1) is 0 Å². The number of H-pyrrole nitrogens is 1. The molecule has 0 radical (unpaired) electrons. The Labute approximate surface area is 158 Å². The minimum Gasteiger partial charge on any atom is -0.279 e. The van der Waals surface area contributed by atoms with E-state index in [1.807, 2.05) is 6.07 Å². The average molecular weight is 390 g/mol. The third-order valence-corrected chi connectivity index (χ3v) is 6.99. The molecule has 0 atom stereocenters. The molecule has 0 saturated heterocycles. The fourth-order valence-corrected chi connectivity index (χ4v) is 4.38. The van der Waals surface area contributed by atoms with Gasteiger partial charge in [0.05, 0.1) is 22.6 Å². The van der Waals surface area contributed by atoms with Crippen molar-refractivity contribution >= 4 is 10.0 Å². The Morgan fingerprint density at radius 1 is 1.30 bits per heavy atom. The third kappa shape index (κ3) is 4.20. The molecule has 8 heteroatoms. The Bertz CT molecular complexity index is 954. The Hall–Kier alpha value is -2.24. The summed E-state index contributed by atoms with van der Waals surface area (Å²) in [6.45, 7) is 3.30. The van der Waals surface area contributed by atoms with Gasteiger partial charge in [0.25, 0.3) is 0 Å². The van der Waals surface area contributed by atoms with Crippen LogP contribution in [-0.4, -0.2) is 29.9 Å². The van der Waals surface area contributed by atoms with Crippen molar-refractivity contribution in [1.82, 2.24) is 14.9 Å². The zero-order valence-corrected chi connectivity index (χ0v) is 16.2. The molecule has 1 saturated carbocycles. The molecule has 144 valence electrons. The van der Waals surface area contributed by atoms with Crippen LogP contribution in [0.15, 0.2) is 24.3 Å². The second kappa shape index (κ2) is 7.79. The summed E-state index contributed by atoms with van der Waals surface area (Å²) in [6, 6.07) is 8.64. The van der Waals surface area contributed by atoms with E-state index in [0.717, 1.165) is 0 Å². The number of rotatable bonds is 5. The van der Waals surface area contributed by atoms with E-state index in [4.69, 9.17) is 5.26 Å². The Balaban J connectivity index is 1.71. The number of hydrogen-bond donors (Lipinski definition) is 2. The summed E-state index contributed by atoms with van der Waals surface area (Å²) in [6.07, 6.45) is 2.69. The van der Waals surface area contributed by atoms with Gasteiger partial charge in [-0.2, -0.15) is 10.4 Å². The van der Waals surface area contributed by atoms with E-state index in [1.54, 1.807) is 38.1 Å². The molecule has 0 aliphatic heterocycles. The average Bonchev–Trinajstić information content (AvgIpc) is 3.03. The molecule has 0 bridgehead atoms. The lowest BCUT2D eigenvalue weighted by atomic mass is 9.84. The van der Waals surface area contributed by atoms with E-state index in [2.05, 4.69) is 14.9 Å². The Morgan fingerprint density at radius 3 is 2.63 bits per heavy atom. The van der Waals surface area contributed by atoms with Crippen LogP contribution < -0.4 is 4.72 Å². The molecule has 2 aromatic rings. The number of nitriles is 1. The van der Waals surface area contributed by atoms with Gasteiger partial charge in [-0.3, -0.25) is 5.10 Å². The number of aromatic nitrogens is 2. The van der Waals surface area contributed by atoms with Crippen LogP contribution in [0, 0.1) is 17.1 Å². The van der Waals surface area contributed by atoms with E-state index in [9.17, 15) is 12.8 Å². The highest BCUT2D eigenvalue weighted by atomic mass is 32.2. The lowest BCUT2D eigenvalue weighted by molar-refractivity contribution is 0.362. The first-order valence-corrected chi connectivity index (χ1v) is 10.6. The van der Waals surface area contributed by atoms with Crippen molar-refractivity contribution in [1.29, 1.82) is 5.26 Å². The predicted molar refractivity (Wildman–Crippen MR) is 101 cm³/mol. The van der Waals surface area contributed by atoms with Crippen LogP contribution in [0.4, 0.5) is 4.39 Å². The molecular formula is C19H23FN4O2S. The van der Waals surface area contributed by atoms with Gasteiger partial charge in [0, 0.05) is 17.5 Å². The highest BCUT2D eigenvalue weighted by Crippen LogP contribution is 2.36. The smallest absolute Gasteiger partial charge is 0.214 e. The van der Waals surface area contributed by atoms with Gasteiger partial charge in [0.2, 0.25) is 10.0 Å². The lowest BCUT2D eigenvalue weighted by Crippen LogP contribution is -2.40. The first-order valence-electron chi connectivity index (χ1n) is 9.07. The number of nitrogens with zero attached hydrogens (tertiary/aromatic N) is 2. The van der Waals surface area contributed by atoms with Gasteiger partial charge >= 0.3 is 0 Å². The van der Waals surface area contributed by atoms with Gasteiger partial charge in [-0.25, -0.2) is 17.5 Å². The molecule has 0 amide bonds. The molecule has 1 aliphatic carbocycles. The van der Waals surface area contributed by atoms with Crippen molar-refractivity contribution in [3.8, 4) is 17.3 Å². The van der Waals surface area contributed by atoms with Crippen LogP contribution in [-0.2, 0) is 10.0 Å². The highest BCUT2D eigenvalue weighted by Gasteiger charge is 2.30. The van der Waals surface area contributed by atoms with Crippen LogP contribution in [0.1, 0.15) is 56.7 Å². The maximum absolute atomic E-state index is 14.9. The number of sulfonamides is 1. The van der Waals surface area contributed by atoms with Crippen LogP contribution >= 0.6 is 0 Å². The summed E-state index contributed by atoms with van der Waals surface area (Å²) in [5, 5.41) is 15.5. The topological polar surface area (TPSA) is 98.6 Å². The Morgan fingerprint density at radius 2 is 2.00 bits per heavy atom. The van der Waals surface area contributed by atoms with Crippen LogP contribution in [0.2, 0.25) is 0 Å². The summed E-state index contributed by atoms with van der Waals surface area (Å²) in [4.78, 5) is 0. The molecule has 2 N–H and O–H groups in total. The van der Waals surface area contributed by atoms with Crippen molar-refractivity contribution in [2.24, 2.45) is 0 Å². The summed E-state index contributed by atoms with van der Waals surface area (Å²) >= 11 is 0. The largest absolute Gasteiger partial charge is 0.279 e. The van der Waals surface area contributed by atoms with Crippen LogP contribution in [0.5, 0.6) is 0 Å². The van der Waals surface area contributed by atoms with Crippen molar-refractivity contribution in [2.45, 2.75) is 56.7 Å². The fourth-order valence-electron chi connectivity index (χ4n) is 3.41. The van der Waals surface area contributed by atoms with Crippen molar-refractivity contribution < 1.29 is 12.8 Å². The van der Waals surface area contributed by atoms with Crippen molar-refractivity contribution in [2.75, 3.05) is 0 Å². The SMILES string of the molecule is CC(C)S(=O)(=O)NC1CCC(c2[nH]nc(-c3cccc(C#N)c3)c2F)CC1. The molecule has 27 heavy (non-hydrogen) atoms. The van der Waals surface area contributed by atoms with E-state index >= 15 is 0 Å². The van der Waals surface area contributed by atoms with Gasteiger partial charge in [-0.1, -0.05) is 12.1 Å². The molecule has 1 fully saturated rings. The maximum atomic E-state index is 14.9. The summed E-state index contributed by atoms with van der Waals surface area (Å²) in [7, 11) is -3.30. The molecule has 1 aromatic carbocycles. The van der Waals surface area contributed by atoms with Crippen LogP contribution in [0.25, 0.3) is 11.3 Å². The highest BCUT2D eigenvalue weighted by molar-refractivity contribution is 7.90. The molecule has 6 nitrogen and oxygen atoms in total. The summed E-state index contributed by atoms with van der Waals surface area (Å²) in [5.74, 6) is -0.415. The standard InChI is InChI=1S/C19H23FN4O2S/c1-12(2)27(25,26)24-16-8-6-14(7-9-16)18-17(20)19(23-22-18)15-5-3-4-13(10-15)11-21/h3-5,10,12,14,16,24H,6-9H2,1-2H3,(H,22,23). The minimum absolute atomic E-state index is 0.0230. The molecular weight excluding hydrogens is 367 g/mol. The number of aromatic amines is 1. The van der Waals surface area contributed by atoms with Crippen molar-refractivity contribution in [3.05, 3.63) is 41.3 Å². The second-order valence-electron chi connectivity index (χ2n) is 7.25. The predicted octanol–water partition coefficient (Wildman–Crippen LogP) is 3.44. The second-order valence-corrected chi connectivity index (χ2v) is 9.52. The molecule has 1 aliphatic rings. The molecule has 3 rings (SSSR count). The van der Waals surface area contributed by atoms with E-state index in [-0.39, 0.29) is 17.7 Å². The normalized spacial score (nSPS) is 20.6. The maximum Gasteiger partial charge on any atom is 0.214 e. The van der Waals surface area contributed by atoms with Gasteiger partial charge in [-0.05, 0) is 51.7 Å². The molecule has 1 heterocycles.